The van der Waals surface area contributed by atoms with E-state index in [0.717, 1.165) is 16.5 Å². The number of rotatable bonds is 7. The maximum Gasteiger partial charge on any atom is 0.237 e. The quantitative estimate of drug-likeness (QED) is 0.275. The van der Waals surface area contributed by atoms with Gasteiger partial charge in [-0.3, -0.25) is 14.3 Å². The van der Waals surface area contributed by atoms with Crippen LogP contribution in [0.4, 0.5) is 10.1 Å². The van der Waals surface area contributed by atoms with Crippen molar-refractivity contribution in [3.8, 4) is 17.1 Å². The fraction of sp³-hybridized carbons (Fsp3) is 0.111. The fourth-order valence-corrected chi connectivity index (χ4v) is 4.85. The highest BCUT2D eigenvalue weighted by molar-refractivity contribution is 7.99. The first kappa shape index (κ1) is 22.7. The number of hydrogen-bond donors (Lipinski definition) is 0. The third-order valence-corrected chi connectivity index (χ3v) is 6.56. The summed E-state index contributed by atoms with van der Waals surface area (Å²) >= 11 is 1.23. The maximum atomic E-state index is 14.8. The number of nitrogens with zero attached hydrogens (tertiary/aromatic N) is 5. The van der Waals surface area contributed by atoms with Crippen molar-refractivity contribution in [1.82, 2.24) is 19.7 Å². The molecule has 5 rings (SSSR count). The third kappa shape index (κ3) is 4.52. The van der Waals surface area contributed by atoms with Gasteiger partial charge < -0.3 is 4.90 Å². The molecule has 0 radical (unpaired) electrons. The Kier molecular flexibility index (Phi) is 6.54. The molecule has 0 unspecified atom stereocenters. The lowest BCUT2D eigenvalue weighted by Crippen LogP contribution is -2.32. The van der Waals surface area contributed by atoms with Gasteiger partial charge in [0.25, 0.3) is 0 Å². The van der Waals surface area contributed by atoms with Gasteiger partial charge in [0.1, 0.15) is 5.82 Å². The van der Waals surface area contributed by atoms with Crippen LogP contribution in [0.15, 0.2) is 96.4 Å². The molecule has 0 spiro atoms. The molecule has 0 saturated carbocycles. The Morgan fingerprint density at radius 2 is 1.77 bits per heavy atom. The summed E-state index contributed by atoms with van der Waals surface area (Å²) in [6.45, 7) is 2.47. The van der Waals surface area contributed by atoms with E-state index in [0.29, 0.717) is 28.8 Å². The molecular weight excluding hydrogens is 461 g/mol. The SMILES string of the molecule is CCN(C(=O)CSc1nnc(-c2cccnc2)n1-c1ccccc1F)c1cccc2ccccc12. The predicted octanol–water partition coefficient (Wildman–Crippen LogP) is 5.77. The average molecular weight is 484 g/mol. The number of thioether (sulfide) groups is 1. The summed E-state index contributed by atoms with van der Waals surface area (Å²) in [5.74, 6) is 0.104. The van der Waals surface area contributed by atoms with Gasteiger partial charge in [0.05, 0.1) is 17.1 Å². The number of amides is 1. The zero-order valence-electron chi connectivity index (χ0n) is 19.0. The van der Waals surface area contributed by atoms with Gasteiger partial charge >= 0.3 is 0 Å². The van der Waals surface area contributed by atoms with E-state index >= 15 is 0 Å². The number of anilines is 1. The van der Waals surface area contributed by atoms with Crippen molar-refractivity contribution >= 4 is 34.1 Å². The topological polar surface area (TPSA) is 63.9 Å². The molecule has 0 aliphatic carbocycles. The van der Waals surface area contributed by atoms with Crippen LogP contribution in [0, 0.1) is 5.82 Å². The normalized spacial score (nSPS) is 11.0. The Hall–Kier alpha value is -4.04. The van der Waals surface area contributed by atoms with Crippen molar-refractivity contribution < 1.29 is 9.18 Å². The number of halogens is 1. The second-order valence-electron chi connectivity index (χ2n) is 7.76. The van der Waals surface area contributed by atoms with Crippen LogP contribution in [-0.4, -0.2) is 38.0 Å². The minimum Gasteiger partial charge on any atom is -0.311 e. The lowest BCUT2D eigenvalue weighted by atomic mass is 10.1. The molecular formula is C27H22FN5OS. The van der Waals surface area contributed by atoms with E-state index in [4.69, 9.17) is 0 Å². The summed E-state index contributed by atoms with van der Waals surface area (Å²) in [5.41, 5.74) is 1.88. The van der Waals surface area contributed by atoms with E-state index in [-0.39, 0.29) is 11.7 Å². The van der Waals surface area contributed by atoms with Gasteiger partial charge in [0, 0.05) is 29.9 Å². The molecule has 2 heterocycles. The van der Waals surface area contributed by atoms with Crippen molar-refractivity contribution in [2.75, 3.05) is 17.2 Å². The molecule has 0 bridgehead atoms. The molecule has 0 aliphatic heterocycles. The lowest BCUT2D eigenvalue weighted by molar-refractivity contribution is -0.116. The van der Waals surface area contributed by atoms with Gasteiger partial charge in [-0.2, -0.15) is 0 Å². The van der Waals surface area contributed by atoms with Crippen molar-refractivity contribution in [1.29, 1.82) is 0 Å². The van der Waals surface area contributed by atoms with Crippen LogP contribution in [0.25, 0.3) is 27.8 Å². The van der Waals surface area contributed by atoms with Crippen LogP contribution in [-0.2, 0) is 4.79 Å². The number of pyridine rings is 1. The van der Waals surface area contributed by atoms with Crippen LogP contribution in [0.2, 0.25) is 0 Å². The van der Waals surface area contributed by atoms with Crippen LogP contribution in [0.5, 0.6) is 0 Å². The Bertz CT molecular complexity index is 1480. The van der Waals surface area contributed by atoms with Crippen molar-refractivity contribution in [3.63, 3.8) is 0 Å². The summed E-state index contributed by atoms with van der Waals surface area (Å²) in [6, 6.07) is 24.0. The molecule has 174 valence electrons. The lowest BCUT2D eigenvalue weighted by Gasteiger charge is -2.22. The minimum absolute atomic E-state index is 0.0696. The molecule has 3 aromatic carbocycles. The largest absolute Gasteiger partial charge is 0.311 e. The van der Waals surface area contributed by atoms with Crippen molar-refractivity contribution in [2.24, 2.45) is 0 Å². The first-order valence-electron chi connectivity index (χ1n) is 11.2. The van der Waals surface area contributed by atoms with E-state index < -0.39 is 5.82 Å². The number of benzene rings is 3. The van der Waals surface area contributed by atoms with E-state index in [1.54, 1.807) is 46.1 Å². The molecule has 0 atom stereocenters. The van der Waals surface area contributed by atoms with Crippen LogP contribution in [0.1, 0.15) is 6.92 Å². The maximum absolute atomic E-state index is 14.8. The van der Waals surface area contributed by atoms with Gasteiger partial charge in [-0.05, 0) is 42.6 Å². The van der Waals surface area contributed by atoms with E-state index in [1.165, 1.54) is 17.8 Å². The van der Waals surface area contributed by atoms with Crippen LogP contribution >= 0.6 is 11.8 Å². The summed E-state index contributed by atoms with van der Waals surface area (Å²) in [4.78, 5) is 19.3. The molecule has 8 heteroatoms. The number of hydrogen-bond acceptors (Lipinski definition) is 5. The standard InChI is InChI=1S/C27H22FN5OS/c1-2-32(23-15-7-10-19-9-3-4-12-21(19)23)25(34)18-35-27-31-30-26(20-11-8-16-29-17-20)33(27)24-14-6-5-13-22(24)28/h3-17H,2,18H2,1H3. The van der Waals surface area contributed by atoms with Crippen molar-refractivity contribution in [3.05, 3.63) is 97.1 Å². The average Bonchev–Trinajstić information content (AvgIpc) is 3.32. The van der Waals surface area contributed by atoms with E-state index in [2.05, 4.69) is 15.2 Å². The third-order valence-electron chi connectivity index (χ3n) is 5.65. The second kappa shape index (κ2) is 10.1. The van der Waals surface area contributed by atoms with Crippen LogP contribution in [0.3, 0.4) is 0 Å². The number of carbonyl (C=O) groups excluding carboxylic acids is 1. The Morgan fingerprint density at radius 3 is 2.57 bits per heavy atom. The molecule has 0 N–H and O–H groups in total. The van der Waals surface area contributed by atoms with Gasteiger partial charge in [0.15, 0.2) is 11.0 Å². The monoisotopic (exact) mass is 483 g/mol. The Morgan fingerprint density at radius 1 is 0.971 bits per heavy atom. The van der Waals surface area contributed by atoms with E-state index in [9.17, 15) is 9.18 Å². The van der Waals surface area contributed by atoms with Crippen LogP contribution < -0.4 is 4.90 Å². The number of aromatic nitrogens is 4. The molecule has 0 aliphatic rings. The number of para-hydroxylation sites is 1. The molecule has 2 aromatic heterocycles. The minimum atomic E-state index is -0.406. The van der Waals surface area contributed by atoms with Gasteiger partial charge in [0.2, 0.25) is 5.91 Å². The van der Waals surface area contributed by atoms with Gasteiger partial charge in [-0.25, -0.2) is 4.39 Å². The summed E-state index contributed by atoms with van der Waals surface area (Å²) in [7, 11) is 0. The molecule has 6 nitrogen and oxygen atoms in total. The first-order valence-corrected chi connectivity index (χ1v) is 12.2. The highest BCUT2D eigenvalue weighted by atomic mass is 32.2. The van der Waals surface area contributed by atoms with E-state index in [1.807, 2.05) is 55.5 Å². The van der Waals surface area contributed by atoms with Gasteiger partial charge in [-0.15, -0.1) is 10.2 Å². The number of fused-ring (bicyclic) bond motifs is 1. The Balaban J connectivity index is 1.47. The highest BCUT2D eigenvalue weighted by Gasteiger charge is 2.22. The molecule has 0 saturated heterocycles. The van der Waals surface area contributed by atoms with Crippen molar-refractivity contribution in [2.45, 2.75) is 12.1 Å². The Labute approximate surface area is 206 Å². The molecule has 5 aromatic rings. The molecule has 0 fully saturated rings. The zero-order chi connectivity index (χ0) is 24.2. The summed E-state index contributed by atoms with van der Waals surface area (Å²) < 4.78 is 16.4. The molecule has 1 amide bonds. The first-order chi connectivity index (χ1) is 17.2. The zero-order valence-corrected chi connectivity index (χ0v) is 19.8. The second-order valence-corrected chi connectivity index (χ2v) is 8.70. The summed E-state index contributed by atoms with van der Waals surface area (Å²) in [6.07, 6.45) is 3.31. The fourth-order valence-electron chi connectivity index (χ4n) is 4.02. The summed E-state index contributed by atoms with van der Waals surface area (Å²) in [5, 5.41) is 11.1. The molecule has 35 heavy (non-hydrogen) atoms. The highest BCUT2D eigenvalue weighted by Crippen LogP contribution is 2.31. The number of carbonyl (C=O) groups is 1. The predicted molar refractivity (Wildman–Crippen MR) is 137 cm³/mol. The van der Waals surface area contributed by atoms with Gasteiger partial charge in [-0.1, -0.05) is 60.3 Å². The smallest absolute Gasteiger partial charge is 0.237 e.